The third kappa shape index (κ3) is 3.94. The molecule has 0 radical (unpaired) electrons. The summed E-state index contributed by atoms with van der Waals surface area (Å²) in [7, 11) is -3.51. The third-order valence-corrected chi connectivity index (χ3v) is 5.30. The summed E-state index contributed by atoms with van der Waals surface area (Å²) in [6, 6.07) is 4.86. The second kappa shape index (κ2) is 6.39. The maximum Gasteiger partial charge on any atom is 0.241 e. The first-order valence-corrected chi connectivity index (χ1v) is 8.18. The molecule has 108 valence electrons. The van der Waals surface area contributed by atoms with Crippen molar-refractivity contribution in [2.75, 3.05) is 5.73 Å². The fourth-order valence-electron chi connectivity index (χ4n) is 2.31. The zero-order valence-electron chi connectivity index (χ0n) is 12.1. The molecule has 1 atom stereocenters. The quantitative estimate of drug-likeness (QED) is 0.789. The van der Waals surface area contributed by atoms with Gasteiger partial charge in [0, 0.05) is 11.7 Å². The number of hydrogen-bond acceptors (Lipinski definition) is 3. The van der Waals surface area contributed by atoms with Crippen molar-refractivity contribution in [2.45, 2.75) is 51.5 Å². The molecule has 0 aliphatic carbocycles. The summed E-state index contributed by atoms with van der Waals surface area (Å²) in [5.74, 6) is 0.344. The number of anilines is 1. The molecule has 0 amide bonds. The SMILES string of the molecule is CCC(CC)C(C)NS(=O)(=O)c1cc(N)ccc1C. The van der Waals surface area contributed by atoms with Crippen molar-refractivity contribution in [1.82, 2.24) is 4.72 Å². The fraction of sp³-hybridized carbons (Fsp3) is 0.571. The second-order valence-corrected chi connectivity index (χ2v) is 6.69. The zero-order chi connectivity index (χ0) is 14.6. The highest BCUT2D eigenvalue weighted by molar-refractivity contribution is 7.89. The highest BCUT2D eigenvalue weighted by Gasteiger charge is 2.23. The van der Waals surface area contributed by atoms with Gasteiger partial charge in [0.1, 0.15) is 0 Å². The Kier molecular flexibility index (Phi) is 5.38. The molecule has 1 aromatic carbocycles. The lowest BCUT2D eigenvalue weighted by atomic mass is 9.96. The Balaban J connectivity index is 3.01. The standard InChI is InChI=1S/C14H24N2O2S/c1-5-12(6-2)11(4)16-19(17,18)14-9-13(15)8-7-10(14)3/h7-9,11-12,16H,5-6,15H2,1-4H3. The molecular weight excluding hydrogens is 260 g/mol. The molecule has 0 bridgehead atoms. The van der Waals surface area contributed by atoms with Crippen molar-refractivity contribution in [3.05, 3.63) is 23.8 Å². The van der Waals surface area contributed by atoms with Gasteiger partial charge in [-0.2, -0.15) is 0 Å². The Morgan fingerprint density at radius 2 is 1.84 bits per heavy atom. The van der Waals surface area contributed by atoms with Gasteiger partial charge in [-0.3, -0.25) is 0 Å². The van der Waals surface area contributed by atoms with Crippen molar-refractivity contribution < 1.29 is 8.42 Å². The molecule has 1 rings (SSSR count). The van der Waals surface area contributed by atoms with Crippen LogP contribution in [0, 0.1) is 12.8 Å². The topological polar surface area (TPSA) is 72.2 Å². The summed E-state index contributed by atoms with van der Waals surface area (Å²) in [4.78, 5) is 0.269. The van der Waals surface area contributed by atoms with Gasteiger partial charge in [-0.25, -0.2) is 13.1 Å². The smallest absolute Gasteiger partial charge is 0.241 e. The predicted molar refractivity (Wildman–Crippen MR) is 79.4 cm³/mol. The number of sulfonamides is 1. The molecule has 0 saturated carbocycles. The van der Waals surface area contributed by atoms with Crippen LogP contribution in [0.3, 0.4) is 0 Å². The van der Waals surface area contributed by atoms with Crippen molar-refractivity contribution in [3.63, 3.8) is 0 Å². The average Bonchev–Trinajstić information content (AvgIpc) is 2.33. The molecule has 1 unspecified atom stereocenters. The maximum atomic E-state index is 12.4. The number of nitrogen functional groups attached to an aromatic ring is 1. The Bertz CT molecular complexity index is 522. The molecular formula is C14H24N2O2S. The van der Waals surface area contributed by atoms with Gasteiger partial charge < -0.3 is 5.73 Å². The fourth-order valence-corrected chi connectivity index (χ4v) is 3.90. The number of nitrogens with one attached hydrogen (secondary N) is 1. The van der Waals surface area contributed by atoms with Crippen molar-refractivity contribution in [1.29, 1.82) is 0 Å². The van der Waals surface area contributed by atoms with E-state index < -0.39 is 10.0 Å². The molecule has 0 saturated heterocycles. The summed E-state index contributed by atoms with van der Waals surface area (Å²) in [5, 5.41) is 0. The van der Waals surface area contributed by atoms with Crippen molar-refractivity contribution in [3.8, 4) is 0 Å². The summed E-state index contributed by atoms with van der Waals surface area (Å²) in [6.45, 7) is 7.84. The second-order valence-electron chi connectivity index (χ2n) is 5.01. The largest absolute Gasteiger partial charge is 0.399 e. The van der Waals surface area contributed by atoms with Crippen LogP contribution >= 0.6 is 0 Å². The van der Waals surface area contributed by atoms with Crippen LogP contribution in [0.2, 0.25) is 0 Å². The van der Waals surface area contributed by atoms with Crippen LogP contribution in [0.15, 0.2) is 23.1 Å². The number of benzene rings is 1. The lowest BCUT2D eigenvalue weighted by Gasteiger charge is -2.22. The lowest BCUT2D eigenvalue weighted by Crippen LogP contribution is -2.38. The van der Waals surface area contributed by atoms with Gasteiger partial charge in [-0.1, -0.05) is 32.8 Å². The molecule has 0 aromatic heterocycles. The van der Waals surface area contributed by atoms with Gasteiger partial charge in [0.25, 0.3) is 0 Å². The molecule has 5 heteroatoms. The van der Waals surface area contributed by atoms with Crippen LogP contribution in [0.5, 0.6) is 0 Å². The number of nitrogens with two attached hydrogens (primary N) is 1. The lowest BCUT2D eigenvalue weighted by molar-refractivity contribution is 0.390. The van der Waals surface area contributed by atoms with E-state index in [1.165, 1.54) is 6.07 Å². The van der Waals surface area contributed by atoms with Gasteiger partial charge in [-0.15, -0.1) is 0 Å². The zero-order valence-corrected chi connectivity index (χ0v) is 12.9. The van der Waals surface area contributed by atoms with E-state index in [9.17, 15) is 8.42 Å². The van der Waals surface area contributed by atoms with Gasteiger partial charge in [0.15, 0.2) is 0 Å². The van der Waals surface area contributed by atoms with Crippen molar-refractivity contribution >= 4 is 15.7 Å². The van der Waals surface area contributed by atoms with Gasteiger partial charge in [0.2, 0.25) is 10.0 Å². The molecule has 0 heterocycles. The van der Waals surface area contributed by atoms with E-state index >= 15 is 0 Å². The molecule has 1 aromatic rings. The van der Waals surface area contributed by atoms with Gasteiger partial charge in [-0.05, 0) is 37.5 Å². The predicted octanol–water partition coefficient (Wildman–Crippen LogP) is 2.68. The maximum absolute atomic E-state index is 12.4. The van der Waals surface area contributed by atoms with E-state index in [1.807, 2.05) is 6.92 Å². The summed E-state index contributed by atoms with van der Waals surface area (Å²) in [5.41, 5.74) is 6.84. The van der Waals surface area contributed by atoms with E-state index in [1.54, 1.807) is 19.1 Å². The van der Waals surface area contributed by atoms with E-state index in [0.717, 1.165) is 12.8 Å². The number of rotatable bonds is 6. The monoisotopic (exact) mass is 284 g/mol. The Morgan fingerprint density at radius 3 is 2.37 bits per heavy atom. The Hall–Kier alpha value is -1.07. The van der Waals surface area contributed by atoms with E-state index in [-0.39, 0.29) is 10.9 Å². The molecule has 0 fully saturated rings. The summed E-state index contributed by atoms with van der Waals surface area (Å²) < 4.78 is 27.5. The normalized spacial score (nSPS) is 13.7. The average molecular weight is 284 g/mol. The summed E-state index contributed by atoms with van der Waals surface area (Å²) >= 11 is 0. The van der Waals surface area contributed by atoms with Crippen LogP contribution in [0.1, 0.15) is 39.2 Å². The minimum Gasteiger partial charge on any atom is -0.399 e. The van der Waals surface area contributed by atoms with E-state index in [0.29, 0.717) is 17.2 Å². The molecule has 19 heavy (non-hydrogen) atoms. The Morgan fingerprint density at radius 1 is 1.26 bits per heavy atom. The van der Waals surface area contributed by atoms with Crippen LogP contribution < -0.4 is 10.5 Å². The van der Waals surface area contributed by atoms with Crippen molar-refractivity contribution in [2.24, 2.45) is 5.92 Å². The first-order valence-electron chi connectivity index (χ1n) is 6.70. The van der Waals surface area contributed by atoms with Gasteiger partial charge >= 0.3 is 0 Å². The number of hydrogen-bond donors (Lipinski definition) is 2. The Labute approximate surface area is 116 Å². The minimum absolute atomic E-state index is 0.0826. The van der Waals surface area contributed by atoms with E-state index in [4.69, 9.17) is 5.73 Å². The first-order chi connectivity index (χ1) is 8.81. The third-order valence-electron chi connectivity index (χ3n) is 3.60. The van der Waals surface area contributed by atoms with E-state index in [2.05, 4.69) is 18.6 Å². The van der Waals surface area contributed by atoms with Crippen LogP contribution in [0.4, 0.5) is 5.69 Å². The highest BCUT2D eigenvalue weighted by atomic mass is 32.2. The minimum atomic E-state index is -3.51. The van der Waals surface area contributed by atoms with Crippen LogP contribution in [0.25, 0.3) is 0 Å². The highest BCUT2D eigenvalue weighted by Crippen LogP contribution is 2.20. The summed E-state index contributed by atoms with van der Waals surface area (Å²) in [6.07, 6.45) is 1.91. The first kappa shape index (κ1) is 16.0. The van der Waals surface area contributed by atoms with Crippen LogP contribution in [-0.2, 0) is 10.0 Å². The van der Waals surface area contributed by atoms with Crippen LogP contribution in [-0.4, -0.2) is 14.5 Å². The molecule has 0 aliphatic rings. The van der Waals surface area contributed by atoms with Gasteiger partial charge in [0.05, 0.1) is 4.90 Å². The molecule has 0 aliphatic heterocycles. The molecule has 4 nitrogen and oxygen atoms in total. The molecule has 0 spiro atoms. The molecule has 3 N–H and O–H groups in total. The number of aryl methyl sites for hydroxylation is 1.